The topological polar surface area (TPSA) is 40.9 Å². The third kappa shape index (κ3) is 3.42. The van der Waals surface area contributed by atoms with Crippen LogP contribution in [-0.4, -0.2) is 41.0 Å². The van der Waals surface area contributed by atoms with Crippen LogP contribution < -0.4 is 0 Å². The van der Waals surface area contributed by atoms with E-state index in [4.69, 9.17) is 9.98 Å². The molecule has 0 aliphatic carbocycles. The van der Waals surface area contributed by atoms with Crippen LogP contribution in [0.4, 0.5) is 10.1 Å². The van der Waals surface area contributed by atoms with Crippen LogP contribution in [0.3, 0.4) is 0 Å². The first-order valence-corrected chi connectivity index (χ1v) is 9.46. The fourth-order valence-electron chi connectivity index (χ4n) is 2.65. The molecule has 0 radical (unpaired) electrons. The van der Waals surface area contributed by atoms with Crippen molar-refractivity contribution in [2.24, 2.45) is 9.98 Å². The summed E-state index contributed by atoms with van der Waals surface area (Å²) in [5.74, 6) is -0.313. The highest BCUT2D eigenvalue weighted by Gasteiger charge is 2.23. The molecule has 0 saturated carbocycles. The van der Waals surface area contributed by atoms with Crippen molar-refractivity contribution in [2.75, 3.05) is 20.4 Å². The van der Waals surface area contributed by atoms with Gasteiger partial charge in [-0.2, -0.15) is 0 Å². The summed E-state index contributed by atoms with van der Waals surface area (Å²) in [5, 5.41) is 0.800. The fraction of sp³-hybridized carbons (Fsp3) is 0.250. The van der Waals surface area contributed by atoms with Crippen molar-refractivity contribution in [3.63, 3.8) is 0 Å². The minimum absolute atomic E-state index is 0.313. The molecule has 134 valence electrons. The molecular weight excluding hydrogens is 347 g/mol. The summed E-state index contributed by atoms with van der Waals surface area (Å²) in [6.45, 7) is 3.91. The van der Waals surface area contributed by atoms with Gasteiger partial charge in [-0.05, 0) is 38.3 Å². The van der Waals surface area contributed by atoms with Crippen LogP contribution in [0.2, 0.25) is 0 Å². The number of hydrogen-bond donors (Lipinski definition) is 0. The van der Waals surface area contributed by atoms with Crippen molar-refractivity contribution in [3.05, 3.63) is 70.6 Å². The van der Waals surface area contributed by atoms with Crippen molar-refractivity contribution in [2.45, 2.75) is 13.8 Å². The molecule has 0 spiro atoms. The third-order valence-corrected chi connectivity index (χ3v) is 4.93. The first kappa shape index (κ1) is 18.3. The second kappa shape index (κ2) is 7.41. The van der Waals surface area contributed by atoms with Crippen molar-refractivity contribution < 1.29 is 4.39 Å². The van der Waals surface area contributed by atoms with Gasteiger partial charge in [0.05, 0.1) is 11.4 Å². The molecule has 0 atom stereocenters. The van der Waals surface area contributed by atoms with Crippen LogP contribution in [0, 0.1) is 12.7 Å². The Morgan fingerprint density at radius 2 is 1.85 bits per heavy atom. The minimum atomic E-state index is -0.313. The summed E-state index contributed by atoms with van der Waals surface area (Å²) in [4.78, 5) is 16.1. The Morgan fingerprint density at radius 1 is 1.12 bits per heavy atom. The van der Waals surface area contributed by atoms with Gasteiger partial charge >= 0.3 is 0 Å². The first-order valence-electron chi connectivity index (χ1n) is 8.24. The molecule has 4 nitrogen and oxygen atoms in total. The average molecular weight is 368 g/mol. The van der Waals surface area contributed by atoms with E-state index in [9.17, 15) is 4.39 Å². The van der Waals surface area contributed by atoms with Gasteiger partial charge in [-0.15, -0.1) is 11.8 Å². The summed E-state index contributed by atoms with van der Waals surface area (Å²) < 4.78 is 14.6. The van der Waals surface area contributed by atoms with E-state index in [0.29, 0.717) is 11.3 Å². The number of allylic oxidation sites excluding steroid dienone is 1. The minimum Gasteiger partial charge on any atom is -0.379 e. The number of thioether (sulfide) groups is 1. The van der Waals surface area contributed by atoms with E-state index in [1.165, 1.54) is 17.8 Å². The lowest BCUT2D eigenvalue weighted by Gasteiger charge is -2.17. The highest BCUT2D eigenvalue weighted by molar-refractivity contribution is 8.13. The summed E-state index contributed by atoms with van der Waals surface area (Å²) >= 11 is 1.53. The van der Waals surface area contributed by atoms with Crippen LogP contribution in [0.1, 0.15) is 23.7 Å². The van der Waals surface area contributed by atoms with E-state index in [-0.39, 0.29) is 5.82 Å². The van der Waals surface area contributed by atoms with Crippen LogP contribution in [0.5, 0.6) is 0 Å². The zero-order valence-corrected chi connectivity index (χ0v) is 16.4. The second-order valence-electron chi connectivity index (χ2n) is 6.23. The average Bonchev–Trinajstić information content (AvgIpc) is 2.77. The lowest BCUT2D eigenvalue weighted by atomic mass is 10.0. The quantitative estimate of drug-likeness (QED) is 0.780. The Morgan fingerprint density at radius 3 is 2.50 bits per heavy atom. The van der Waals surface area contributed by atoms with Crippen LogP contribution in [0.15, 0.2) is 57.9 Å². The highest BCUT2D eigenvalue weighted by atomic mass is 32.2. The molecule has 1 aliphatic heterocycles. The number of nitrogens with zero attached hydrogens (tertiary/aromatic N) is 4. The van der Waals surface area contributed by atoms with Gasteiger partial charge in [0.1, 0.15) is 16.6 Å². The molecule has 26 heavy (non-hydrogen) atoms. The normalized spacial score (nSPS) is 15.6. The lowest BCUT2D eigenvalue weighted by Crippen LogP contribution is -2.14. The molecule has 1 aromatic carbocycles. The van der Waals surface area contributed by atoms with E-state index >= 15 is 0 Å². The monoisotopic (exact) mass is 368 g/mol. The van der Waals surface area contributed by atoms with Crippen LogP contribution in [-0.2, 0) is 0 Å². The zero-order chi connectivity index (χ0) is 18.8. The van der Waals surface area contributed by atoms with Gasteiger partial charge in [0.25, 0.3) is 0 Å². The molecule has 0 amide bonds. The molecule has 1 aromatic heterocycles. The maximum Gasteiger partial charge on any atom is 0.132 e. The number of hydrogen-bond acceptors (Lipinski definition) is 5. The Hall–Kier alpha value is -2.47. The van der Waals surface area contributed by atoms with Crippen molar-refractivity contribution >= 4 is 28.2 Å². The fourth-order valence-corrected chi connectivity index (χ4v) is 3.23. The smallest absolute Gasteiger partial charge is 0.132 e. The Labute approximate surface area is 157 Å². The number of pyridine rings is 1. The largest absolute Gasteiger partial charge is 0.379 e. The molecule has 0 fully saturated rings. The van der Waals surface area contributed by atoms with Gasteiger partial charge in [-0.3, -0.25) is 4.98 Å². The highest BCUT2D eigenvalue weighted by Crippen LogP contribution is 2.32. The number of fused-ring (bicyclic) bond motifs is 1. The number of aliphatic imine (C=N–C) groups is 2. The number of benzene rings is 1. The maximum absolute atomic E-state index is 14.6. The van der Waals surface area contributed by atoms with E-state index in [0.717, 1.165) is 33.4 Å². The Kier molecular flexibility index (Phi) is 5.23. The van der Waals surface area contributed by atoms with Crippen molar-refractivity contribution in [3.8, 4) is 0 Å². The molecule has 0 saturated heterocycles. The van der Waals surface area contributed by atoms with Gasteiger partial charge in [0, 0.05) is 42.8 Å². The summed E-state index contributed by atoms with van der Waals surface area (Å²) in [6.07, 6.45) is 3.70. The molecule has 0 bridgehead atoms. The predicted octanol–water partition coefficient (Wildman–Crippen LogP) is 4.57. The van der Waals surface area contributed by atoms with E-state index in [2.05, 4.69) is 4.98 Å². The third-order valence-electron chi connectivity index (χ3n) is 4.26. The van der Waals surface area contributed by atoms with Crippen molar-refractivity contribution in [1.82, 2.24) is 9.88 Å². The number of rotatable bonds is 2. The van der Waals surface area contributed by atoms with E-state index in [1.54, 1.807) is 18.3 Å². The van der Waals surface area contributed by atoms with Crippen molar-refractivity contribution in [1.29, 1.82) is 0 Å². The lowest BCUT2D eigenvalue weighted by molar-refractivity contribution is 0.509. The first-order chi connectivity index (χ1) is 12.4. The molecule has 6 heteroatoms. The SMILES string of the molecule is CSC1=Nc2cc(C)ncc2C(c2ccccc2F)=N/C1=C(/C)N(C)C. The van der Waals surface area contributed by atoms with Gasteiger partial charge < -0.3 is 4.90 Å². The van der Waals surface area contributed by atoms with Crippen LogP contribution >= 0.6 is 11.8 Å². The number of aryl methyl sites for hydroxylation is 1. The molecule has 2 heterocycles. The van der Waals surface area contributed by atoms with Gasteiger partial charge in [-0.1, -0.05) is 12.1 Å². The zero-order valence-electron chi connectivity index (χ0n) is 15.5. The second-order valence-corrected chi connectivity index (χ2v) is 7.03. The standard InChI is InChI=1S/C20H21FN4S/c1-12-10-17-15(11-22-12)19(14-8-6-7-9-16(14)21)24-18(13(2)25(3)4)20(23-17)26-5/h6-11H,1-5H3/b18-13-. The van der Waals surface area contributed by atoms with E-state index < -0.39 is 0 Å². The van der Waals surface area contributed by atoms with Gasteiger partial charge in [0.2, 0.25) is 0 Å². The maximum atomic E-state index is 14.6. The predicted molar refractivity (Wildman–Crippen MR) is 108 cm³/mol. The molecule has 0 N–H and O–H groups in total. The summed E-state index contributed by atoms with van der Waals surface area (Å²) in [6, 6.07) is 8.59. The Balaban J connectivity index is 2.38. The van der Waals surface area contributed by atoms with Crippen LogP contribution in [0.25, 0.3) is 0 Å². The molecule has 0 unspecified atom stereocenters. The van der Waals surface area contributed by atoms with Gasteiger partial charge in [0.15, 0.2) is 0 Å². The number of aromatic nitrogens is 1. The molecule has 3 rings (SSSR count). The summed E-state index contributed by atoms with van der Waals surface area (Å²) in [7, 11) is 3.92. The molecule has 1 aliphatic rings. The number of halogens is 1. The molecular formula is C20H21FN4S. The van der Waals surface area contributed by atoms with E-state index in [1.807, 2.05) is 51.2 Å². The summed E-state index contributed by atoms with van der Waals surface area (Å²) in [5.41, 5.74) is 5.05. The van der Waals surface area contributed by atoms with Gasteiger partial charge in [-0.25, -0.2) is 14.4 Å². The Bertz CT molecular complexity index is 945. The molecule has 2 aromatic rings.